The van der Waals surface area contributed by atoms with Crippen molar-refractivity contribution in [3.63, 3.8) is 0 Å². The summed E-state index contributed by atoms with van der Waals surface area (Å²) in [5.74, 6) is -0.485. The first-order chi connectivity index (χ1) is 6.33. The van der Waals surface area contributed by atoms with E-state index in [1.165, 1.54) is 24.7 Å². The molecule has 4 heteroatoms. The number of carbonyl (C=O) groups is 1. The summed E-state index contributed by atoms with van der Waals surface area (Å²) in [6, 6.07) is 0. The van der Waals surface area contributed by atoms with Gasteiger partial charge >= 0.3 is 5.97 Å². The van der Waals surface area contributed by atoms with E-state index in [1.807, 2.05) is 0 Å². The van der Waals surface area contributed by atoms with Gasteiger partial charge in [0.1, 0.15) is 5.60 Å². The monoisotopic (exact) mass is 197 g/mol. The molecule has 1 heterocycles. The van der Waals surface area contributed by atoms with Crippen LogP contribution in [-0.4, -0.2) is 17.1 Å². The standard InChI is InChI=1S/C10H15NO3/c1-9(2,3)14-8(12)10(11)4-6-13-7-5-10/h4-7H,11H2,1-3H3. The largest absolute Gasteiger partial charge is 0.473 e. The van der Waals surface area contributed by atoms with E-state index in [4.69, 9.17) is 15.2 Å². The van der Waals surface area contributed by atoms with Crippen LogP contribution < -0.4 is 5.73 Å². The van der Waals surface area contributed by atoms with Crippen molar-refractivity contribution in [2.75, 3.05) is 0 Å². The van der Waals surface area contributed by atoms with Crippen LogP contribution in [-0.2, 0) is 14.3 Å². The van der Waals surface area contributed by atoms with Gasteiger partial charge in [-0.05, 0) is 32.9 Å². The van der Waals surface area contributed by atoms with Gasteiger partial charge in [0.2, 0.25) is 0 Å². The van der Waals surface area contributed by atoms with E-state index in [2.05, 4.69) is 0 Å². The Balaban J connectivity index is 2.73. The number of hydrogen-bond donors (Lipinski definition) is 1. The molecule has 0 spiro atoms. The lowest BCUT2D eigenvalue weighted by atomic mass is 10.0. The molecular formula is C10H15NO3. The van der Waals surface area contributed by atoms with Crippen molar-refractivity contribution >= 4 is 5.97 Å². The minimum absolute atomic E-state index is 0.485. The van der Waals surface area contributed by atoms with Gasteiger partial charge in [-0.25, -0.2) is 4.79 Å². The lowest BCUT2D eigenvalue weighted by molar-refractivity contribution is -0.158. The van der Waals surface area contributed by atoms with Crippen LogP contribution in [0.2, 0.25) is 0 Å². The van der Waals surface area contributed by atoms with Crippen LogP contribution in [0.15, 0.2) is 24.7 Å². The number of hydrogen-bond acceptors (Lipinski definition) is 4. The second-order valence-corrected chi connectivity index (χ2v) is 4.18. The zero-order chi connectivity index (χ0) is 10.8. The van der Waals surface area contributed by atoms with Gasteiger partial charge in [-0.3, -0.25) is 0 Å². The van der Waals surface area contributed by atoms with E-state index in [0.29, 0.717) is 0 Å². The van der Waals surface area contributed by atoms with Crippen molar-refractivity contribution in [1.82, 2.24) is 0 Å². The van der Waals surface area contributed by atoms with Gasteiger partial charge in [-0.1, -0.05) is 0 Å². The van der Waals surface area contributed by atoms with E-state index in [1.54, 1.807) is 20.8 Å². The number of carbonyl (C=O) groups excluding carboxylic acids is 1. The molecule has 1 aliphatic heterocycles. The molecule has 1 rings (SSSR count). The molecular weight excluding hydrogens is 182 g/mol. The summed E-state index contributed by atoms with van der Waals surface area (Å²) in [6.45, 7) is 5.38. The van der Waals surface area contributed by atoms with Crippen LogP contribution in [0.5, 0.6) is 0 Å². The Morgan fingerprint density at radius 2 is 1.86 bits per heavy atom. The molecule has 0 amide bonds. The van der Waals surface area contributed by atoms with Gasteiger partial charge in [0.15, 0.2) is 5.54 Å². The third kappa shape index (κ3) is 2.60. The van der Waals surface area contributed by atoms with Crippen LogP contribution in [0, 0.1) is 0 Å². The Morgan fingerprint density at radius 1 is 1.36 bits per heavy atom. The van der Waals surface area contributed by atoms with E-state index < -0.39 is 17.1 Å². The molecule has 78 valence electrons. The number of esters is 1. The summed E-state index contributed by atoms with van der Waals surface area (Å²) in [4.78, 5) is 11.6. The molecule has 0 atom stereocenters. The Morgan fingerprint density at radius 3 is 2.29 bits per heavy atom. The lowest BCUT2D eigenvalue weighted by Crippen LogP contribution is -2.48. The number of rotatable bonds is 1. The first kappa shape index (κ1) is 10.8. The second kappa shape index (κ2) is 3.46. The van der Waals surface area contributed by atoms with E-state index >= 15 is 0 Å². The smallest absolute Gasteiger partial charge is 0.335 e. The minimum atomic E-state index is -1.20. The molecule has 2 N–H and O–H groups in total. The second-order valence-electron chi connectivity index (χ2n) is 4.18. The van der Waals surface area contributed by atoms with Crippen LogP contribution in [0.4, 0.5) is 0 Å². The molecule has 0 aliphatic carbocycles. The number of nitrogens with two attached hydrogens (primary N) is 1. The van der Waals surface area contributed by atoms with Crippen molar-refractivity contribution in [2.24, 2.45) is 5.73 Å². The van der Waals surface area contributed by atoms with Gasteiger partial charge in [0.05, 0.1) is 12.5 Å². The molecule has 0 aromatic carbocycles. The van der Waals surface area contributed by atoms with Crippen LogP contribution in [0.1, 0.15) is 20.8 Å². The van der Waals surface area contributed by atoms with E-state index in [0.717, 1.165) is 0 Å². The normalized spacial score (nSPS) is 18.9. The molecule has 0 aromatic rings. The summed E-state index contributed by atoms with van der Waals surface area (Å²) in [5, 5.41) is 0. The summed E-state index contributed by atoms with van der Waals surface area (Å²) >= 11 is 0. The van der Waals surface area contributed by atoms with Gasteiger partial charge < -0.3 is 15.2 Å². The Hall–Kier alpha value is -1.29. The van der Waals surface area contributed by atoms with Gasteiger partial charge in [0, 0.05) is 0 Å². The summed E-state index contributed by atoms with van der Waals surface area (Å²) < 4.78 is 9.95. The fraction of sp³-hybridized carbons (Fsp3) is 0.500. The average molecular weight is 197 g/mol. The van der Waals surface area contributed by atoms with Gasteiger partial charge in [0.25, 0.3) is 0 Å². The molecule has 0 bridgehead atoms. The van der Waals surface area contributed by atoms with Gasteiger partial charge in [-0.15, -0.1) is 0 Å². The summed E-state index contributed by atoms with van der Waals surface area (Å²) in [6.07, 6.45) is 5.65. The minimum Gasteiger partial charge on any atom is -0.473 e. The molecule has 0 fully saturated rings. The van der Waals surface area contributed by atoms with Crippen LogP contribution in [0.3, 0.4) is 0 Å². The van der Waals surface area contributed by atoms with Crippen molar-refractivity contribution in [1.29, 1.82) is 0 Å². The predicted octanol–water partition coefficient (Wildman–Crippen LogP) is 1.08. The molecule has 4 nitrogen and oxygen atoms in total. The SMILES string of the molecule is CC(C)(C)OC(=O)C1(N)C=COC=C1. The first-order valence-corrected chi connectivity index (χ1v) is 4.37. The van der Waals surface area contributed by atoms with Crippen molar-refractivity contribution in [3.05, 3.63) is 24.7 Å². The maximum atomic E-state index is 11.6. The zero-order valence-electron chi connectivity index (χ0n) is 8.61. The van der Waals surface area contributed by atoms with Crippen molar-refractivity contribution < 1.29 is 14.3 Å². The van der Waals surface area contributed by atoms with Crippen LogP contribution >= 0.6 is 0 Å². The highest BCUT2D eigenvalue weighted by Gasteiger charge is 2.34. The molecule has 0 saturated carbocycles. The topological polar surface area (TPSA) is 61.5 Å². The highest BCUT2D eigenvalue weighted by atomic mass is 16.6. The van der Waals surface area contributed by atoms with Crippen LogP contribution in [0.25, 0.3) is 0 Å². The highest BCUT2D eigenvalue weighted by Crippen LogP contribution is 2.17. The third-order valence-electron chi connectivity index (χ3n) is 1.60. The van der Waals surface area contributed by atoms with Crippen molar-refractivity contribution in [2.45, 2.75) is 31.9 Å². The Labute approximate surface area is 83.4 Å². The lowest BCUT2D eigenvalue weighted by Gasteiger charge is -2.27. The fourth-order valence-corrected chi connectivity index (χ4v) is 0.907. The molecule has 0 unspecified atom stereocenters. The van der Waals surface area contributed by atoms with Crippen molar-refractivity contribution in [3.8, 4) is 0 Å². The molecule has 0 saturated heterocycles. The predicted molar refractivity (Wildman–Crippen MR) is 52.1 cm³/mol. The summed E-state index contributed by atoms with van der Waals surface area (Å²) in [5.41, 5.74) is 4.04. The first-order valence-electron chi connectivity index (χ1n) is 4.37. The molecule has 0 radical (unpaired) electrons. The maximum absolute atomic E-state index is 11.6. The zero-order valence-corrected chi connectivity index (χ0v) is 8.61. The summed E-state index contributed by atoms with van der Waals surface area (Å²) in [7, 11) is 0. The molecule has 0 aromatic heterocycles. The Bertz CT molecular complexity index is 274. The quantitative estimate of drug-likeness (QED) is 0.639. The molecule has 14 heavy (non-hydrogen) atoms. The average Bonchev–Trinajstić information content (AvgIpc) is 2.02. The van der Waals surface area contributed by atoms with Gasteiger partial charge in [-0.2, -0.15) is 0 Å². The number of ether oxygens (including phenoxy) is 2. The van der Waals surface area contributed by atoms with E-state index in [-0.39, 0.29) is 0 Å². The Kier molecular flexibility index (Phi) is 2.66. The fourth-order valence-electron chi connectivity index (χ4n) is 0.907. The maximum Gasteiger partial charge on any atom is 0.335 e. The molecule has 1 aliphatic rings. The highest BCUT2D eigenvalue weighted by molar-refractivity contribution is 5.86. The third-order valence-corrected chi connectivity index (χ3v) is 1.60. The van der Waals surface area contributed by atoms with E-state index in [9.17, 15) is 4.79 Å².